The Bertz CT molecular complexity index is 527. The smallest absolute Gasteiger partial charge is 0.240 e. The number of nitrogens with one attached hydrogen (secondary N) is 1. The SMILES string of the molecule is CC1(O)CCCN(C(=O)C2Cc3ccccc3CN2)CC1. The van der Waals surface area contributed by atoms with Crippen molar-refractivity contribution in [2.24, 2.45) is 0 Å². The lowest BCUT2D eigenvalue weighted by molar-refractivity contribution is -0.133. The quantitative estimate of drug-likeness (QED) is 0.823. The highest BCUT2D eigenvalue weighted by Crippen LogP contribution is 2.23. The second-order valence-electron chi connectivity index (χ2n) is 6.58. The number of fused-ring (bicyclic) bond motifs is 1. The summed E-state index contributed by atoms with van der Waals surface area (Å²) < 4.78 is 0. The Morgan fingerprint density at radius 2 is 2.05 bits per heavy atom. The highest BCUT2D eigenvalue weighted by Gasteiger charge is 2.31. The van der Waals surface area contributed by atoms with Crippen molar-refractivity contribution < 1.29 is 9.90 Å². The zero-order valence-corrected chi connectivity index (χ0v) is 12.6. The van der Waals surface area contributed by atoms with Gasteiger partial charge in [0, 0.05) is 19.6 Å². The van der Waals surface area contributed by atoms with Crippen molar-refractivity contribution in [2.75, 3.05) is 13.1 Å². The van der Waals surface area contributed by atoms with E-state index in [0.717, 1.165) is 32.4 Å². The fraction of sp³-hybridized carbons (Fsp3) is 0.588. The van der Waals surface area contributed by atoms with Crippen LogP contribution in [-0.2, 0) is 17.8 Å². The van der Waals surface area contributed by atoms with Gasteiger partial charge in [-0.05, 0) is 43.7 Å². The van der Waals surface area contributed by atoms with Crippen molar-refractivity contribution in [3.05, 3.63) is 35.4 Å². The first-order valence-corrected chi connectivity index (χ1v) is 7.86. The number of hydrogen-bond acceptors (Lipinski definition) is 3. The fourth-order valence-corrected chi connectivity index (χ4v) is 3.33. The highest BCUT2D eigenvalue weighted by atomic mass is 16.3. The van der Waals surface area contributed by atoms with Gasteiger partial charge in [0.25, 0.3) is 0 Å². The van der Waals surface area contributed by atoms with Crippen molar-refractivity contribution in [3.63, 3.8) is 0 Å². The maximum absolute atomic E-state index is 12.7. The lowest BCUT2D eigenvalue weighted by Crippen LogP contribution is -2.49. The summed E-state index contributed by atoms with van der Waals surface area (Å²) in [6.45, 7) is 4.05. The van der Waals surface area contributed by atoms with Crippen LogP contribution in [0.3, 0.4) is 0 Å². The summed E-state index contributed by atoms with van der Waals surface area (Å²) in [5, 5.41) is 13.5. The van der Waals surface area contributed by atoms with Crippen LogP contribution < -0.4 is 5.32 Å². The predicted molar refractivity (Wildman–Crippen MR) is 81.8 cm³/mol. The molecule has 1 saturated heterocycles. The largest absolute Gasteiger partial charge is 0.390 e. The van der Waals surface area contributed by atoms with Gasteiger partial charge in [-0.15, -0.1) is 0 Å². The van der Waals surface area contributed by atoms with E-state index in [2.05, 4.69) is 17.4 Å². The molecule has 2 unspecified atom stereocenters. The zero-order chi connectivity index (χ0) is 14.9. The molecule has 4 nitrogen and oxygen atoms in total. The van der Waals surface area contributed by atoms with E-state index in [4.69, 9.17) is 0 Å². The molecule has 0 aromatic heterocycles. The van der Waals surface area contributed by atoms with Gasteiger partial charge < -0.3 is 15.3 Å². The van der Waals surface area contributed by atoms with Gasteiger partial charge in [0.15, 0.2) is 0 Å². The third kappa shape index (κ3) is 3.27. The lowest BCUT2D eigenvalue weighted by atomic mass is 9.95. The third-order valence-corrected chi connectivity index (χ3v) is 4.75. The van der Waals surface area contributed by atoms with E-state index < -0.39 is 5.60 Å². The van der Waals surface area contributed by atoms with Crippen LogP contribution in [0.15, 0.2) is 24.3 Å². The normalized spacial score (nSPS) is 29.6. The maximum Gasteiger partial charge on any atom is 0.240 e. The fourth-order valence-electron chi connectivity index (χ4n) is 3.33. The monoisotopic (exact) mass is 288 g/mol. The number of benzene rings is 1. The van der Waals surface area contributed by atoms with Crippen LogP contribution in [0.2, 0.25) is 0 Å². The Morgan fingerprint density at radius 3 is 2.86 bits per heavy atom. The Labute approximate surface area is 126 Å². The van der Waals surface area contributed by atoms with Gasteiger partial charge in [-0.25, -0.2) is 0 Å². The van der Waals surface area contributed by atoms with Gasteiger partial charge in [-0.1, -0.05) is 24.3 Å². The van der Waals surface area contributed by atoms with E-state index >= 15 is 0 Å². The first-order valence-electron chi connectivity index (χ1n) is 7.86. The number of rotatable bonds is 1. The summed E-state index contributed by atoms with van der Waals surface area (Å²) in [6.07, 6.45) is 3.09. The first-order chi connectivity index (χ1) is 10.1. The lowest BCUT2D eigenvalue weighted by Gasteiger charge is -2.30. The molecular weight excluding hydrogens is 264 g/mol. The Balaban J connectivity index is 1.66. The Morgan fingerprint density at radius 1 is 1.29 bits per heavy atom. The molecule has 0 radical (unpaired) electrons. The minimum absolute atomic E-state index is 0.122. The Kier molecular flexibility index (Phi) is 4.00. The van der Waals surface area contributed by atoms with Crippen LogP contribution in [0, 0.1) is 0 Å². The summed E-state index contributed by atoms with van der Waals surface area (Å²) in [5.41, 5.74) is 1.94. The summed E-state index contributed by atoms with van der Waals surface area (Å²) >= 11 is 0. The summed E-state index contributed by atoms with van der Waals surface area (Å²) in [4.78, 5) is 14.6. The molecule has 2 N–H and O–H groups in total. The second kappa shape index (κ2) is 5.78. The topological polar surface area (TPSA) is 52.6 Å². The number of aliphatic hydroxyl groups is 1. The molecule has 1 fully saturated rings. The van der Waals surface area contributed by atoms with Crippen LogP contribution in [0.5, 0.6) is 0 Å². The van der Waals surface area contributed by atoms with E-state index in [1.165, 1.54) is 11.1 Å². The van der Waals surface area contributed by atoms with Crippen molar-refractivity contribution in [1.29, 1.82) is 0 Å². The summed E-state index contributed by atoms with van der Waals surface area (Å²) in [5.74, 6) is 0.183. The molecule has 1 aromatic rings. The van der Waals surface area contributed by atoms with Gasteiger partial charge in [0.2, 0.25) is 5.91 Å². The van der Waals surface area contributed by atoms with Crippen LogP contribution in [0.25, 0.3) is 0 Å². The number of carbonyl (C=O) groups excluding carboxylic acids is 1. The van der Waals surface area contributed by atoms with Crippen molar-refractivity contribution in [3.8, 4) is 0 Å². The molecule has 0 aliphatic carbocycles. The molecular formula is C17H24N2O2. The molecule has 0 spiro atoms. The highest BCUT2D eigenvalue weighted by molar-refractivity contribution is 5.82. The zero-order valence-electron chi connectivity index (χ0n) is 12.6. The molecule has 0 bridgehead atoms. The summed E-state index contributed by atoms with van der Waals surface area (Å²) in [6, 6.07) is 8.19. The first kappa shape index (κ1) is 14.5. The van der Waals surface area contributed by atoms with E-state index in [-0.39, 0.29) is 11.9 Å². The molecule has 0 saturated carbocycles. The average Bonchev–Trinajstić information content (AvgIpc) is 2.67. The maximum atomic E-state index is 12.7. The van der Waals surface area contributed by atoms with Crippen molar-refractivity contribution in [1.82, 2.24) is 10.2 Å². The molecule has 21 heavy (non-hydrogen) atoms. The molecule has 1 amide bonds. The number of likely N-dealkylation sites (tertiary alicyclic amines) is 1. The van der Waals surface area contributed by atoms with Gasteiger partial charge >= 0.3 is 0 Å². The van der Waals surface area contributed by atoms with E-state index in [1.807, 2.05) is 24.0 Å². The minimum atomic E-state index is -0.623. The number of carbonyl (C=O) groups is 1. The van der Waals surface area contributed by atoms with Crippen LogP contribution >= 0.6 is 0 Å². The van der Waals surface area contributed by atoms with Gasteiger partial charge in [0.05, 0.1) is 11.6 Å². The third-order valence-electron chi connectivity index (χ3n) is 4.75. The molecule has 3 rings (SSSR count). The molecule has 4 heteroatoms. The molecule has 114 valence electrons. The van der Waals surface area contributed by atoms with Gasteiger partial charge in [-0.2, -0.15) is 0 Å². The average molecular weight is 288 g/mol. The molecule has 2 aliphatic heterocycles. The molecule has 2 aliphatic rings. The minimum Gasteiger partial charge on any atom is -0.390 e. The van der Waals surface area contributed by atoms with Crippen LogP contribution in [0.4, 0.5) is 0 Å². The Hall–Kier alpha value is -1.39. The second-order valence-corrected chi connectivity index (χ2v) is 6.58. The molecule has 2 atom stereocenters. The van der Waals surface area contributed by atoms with E-state index in [1.54, 1.807) is 0 Å². The predicted octanol–water partition coefficient (Wildman–Crippen LogP) is 1.46. The van der Waals surface area contributed by atoms with Crippen molar-refractivity contribution in [2.45, 2.75) is 50.8 Å². The number of hydrogen-bond donors (Lipinski definition) is 2. The number of nitrogens with zero attached hydrogens (tertiary/aromatic N) is 1. The van der Waals surface area contributed by atoms with Crippen molar-refractivity contribution >= 4 is 5.91 Å². The standard InChI is InChI=1S/C17H24N2O2/c1-17(21)7-4-9-19(10-8-17)16(20)15-11-13-5-2-3-6-14(13)12-18-15/h2-3,5-6,15,18,21H,4,7-12H2,1H3. The van der Waals surface area contributed by atoms with E-state index in [0.29, 0.717) is 13.0 Å². The molecule has 2 heterocycles. The number of amides is 1. The summed E-state index contributed by atoms with van der Waals surface area (Å²) in [7, 11) is 0. The van der Waals surface area contributed by atoms with Gasteiger partial charge in [-0.3, -0.25) is 4.79 Å². The van der Waals surface area contributed by atoms with Crippen LogP contribution in [0.1, 0.15) is 37.3 Å². The van der Waals surface area contributed by atoms with Crippen LogP contribution in [-0.4, -0.2) is 40.6 Å². The molecule has 1 aromatic carbocycles. The van der Waals surface area contributed by atoms with Gasteiger partial charge in [0.1, 0.15) is 0 Å². The van der Waals surface area contributed by atoms with E-state index in [9.17, 15) is 9.90 Å².